The Hall–Kier alpha value is -1.25. The third kappa shape index (κ3) is 1.15. The number of aromatic nitrogens is 1. The van der Waals surface area contributed by atoms with Crippen molar-refractivity contribution >= 4 is 11.6 Å². The van der Waals surface area contributed by atoms with Crippen LogP contribution in [0.2, 0.25) is 0 Å². The first-order valence-corrected chi connectivity index (χ1v) is 4.80. The number of pyridine rings is 1. The minimum absolute atomic E-state index is 0.623. The van der Waals surface area contributed by atoms with Crippen molar-refractivity contribution in [1.29, 1.82) is 0 Å². The van der Waals surface area contributed by atoms with Crippen LogP contribution in [0.1, 0.15) is 6.42 Å². The van der Waals surface area contributed by atoms with Crippen molar-refractivity contribution in [3.05, 3.63) is 18.2 Å². The molecule has 2 atom stereocenters. The van der Waals surface area contributed by atoms with Crippen LogP contribution in [0.5, 0.6) is 0 Å². The highest BCUT2D eigenvalue weighted by Crippen LogP contribution is 2.45. The monoisotopic (exact) mass is 175 g/mol. The van der Waals surface area contributed by atoms with Crippen LogP contribution >= 0.6 is 0 Å². The van der Waals surface area contributed by atoms with E-state index in [1.54, 1.807) is 0 Å². The molecule has 0 spiro atoms. The molecule has 0 radical (unpaired) electrons. The van der Waals surface area contributed by atoms with Gasteiger partial charge in [0.2, 0.25) is 0 Å². The van der Waals surface area contributed by atoms with Crippen molar-refractivity contribution in [1.82, 2.24) is 4.98 Å². The van der Waals surface area contributed by atoms with E-state index in [4.69, 9.17) is 5.73 Å². The number of hydrogen-bond donors (Lipinski definition) is 1. The zero-order valence-electron chi connectivity index (χ0n) is 7.48. The molecule has 1 saturated heterocycles. The zero-order valence-corrected chi connectivity index (χ0v) is 7.48. The topological polar surface area (TPSA) is 42.1 Å². The van der Waals surface area contributed by atoms with Gasteiger partial charge in [-0.2, -0.15) is 0 Å². The molecule has 3 heteroatoms. The van der Waals surface area contributed by atoms with Gasteiger partial charge in [-0.05, 0) is 30.4 Å². The first kappa shape index (κ1) is 7.18. The first-order valence-electron chi connectivity index (χ1n) is 4.80. The molecule has 2 N–H and O–H groups in total. The van der Waals surface area contributed by atoms with Gasteiger partial charge in [0.25, 0.3) is 0 Å². The Balaban J connectivity index is 1.84. The summed E-state index contributed by atoms with van der Waals surface area (Å²) in [7, 11) is 0. The maximum Gasteiger partial charge on any atom is 0.130 e. The van der Waals surface area contributed by atoms with Crippen LogP contribution < -0.4 is 10.6 Å². The molecular weight excluding hydrogens is 162 g/mol. The minimum atomic E-state index is 0.623. The summed E-state index contributed by atoms with van der Waals surface area (Å²) in [5.74, 6) is 3.57. The van der Waals surface area contributed by atoms with E-state index in [0.29, 0.717) is 5.82 Å². The van der Waals surface area contributed by atoms with E-state index in [0.717, 1.165) is 17.7 Å². The summed E-state index contributed by atoms with van der Waals surface area (Å²) in [5, 5.41) is 0. The molecule has 1 aliphatic carbocycles. The number of fused-ring (bicyclic) bond motifs is 1. The van der Waals surface area contributed by atoms with Crippen molar-refractivity contribution in [2.45, 2.75) is 6.42 Å². The van der Waals surface area contributed by atoms with Crippen LogP contribution in [-0.2, 0) is 0 Å². The molecule has 3 rings (SSSR count). The number of piperidine rings is 1. The molecule has 1 aromatic heterocycles. The molecule has 0 aromatic carbocycles. The van der Waals surface area contributed by atoms with Gasteiger partial charge in [0.1, 0.15) is 11.6 Å². The lowest BCUT2D eigenvalue weighted by Crippen LogP contribution is -2.22. The second kappa shape index (κ2) is 2.37. The average Bonchev–Trinajstić information content (AvgIpc) is 2.74. The van der Waals surface area contributed by atoms with E-state index in [9.17, 15) is 0 Å². The average molecular weight is 175 g/mol. The van der Waals surface area contributed by atoms with Gasteiger partial charge in [-0.25, -0.2) is 4.98 Å². The second-order valence-electron chi connectivity index (χ2n) is 4.08. The first-order chi connectivity index (χ1) is 6.33. The SMILES string of the molecule is Nc1cccc(N2C[C@@H]3C[C@H]3C2)n1. The molecule has 1 aromatic rings. The Morgan fingerprint density at radius 2 is 2.08 bits per heavy atom. The van der Waals surface area contributed by atoms with Crippen LogP contribution in [0.3, 0.4) is 0 Å². The standard InChI is InChI=1S/C10H13N3/c11-9-2-1-3-10(12-9)13-5-7-4-8(7)6-13/h1-3,7-8H,4-6H2,(H2,11,12)/t7-,8-/m0/s1. The molecule has 13 heavy (non-hydrogen) atoms. The number of rotatable bonds is 1. The third-order valence-corrected chi connectivity index (χ3v) is 3.06. The Morgan fingerprint density at radius 1 is 1.31 bits per heavy atom. The van der Waals surface area contributed by atoms with Gasteiger partial charge >= 0.3 is 0 Å². The van der Waals surface area contributed by atoms with Crippen molar-refractivity contribution < 1.29 is 0 Å². The van der Waals surface area contributed by atoms with Gasteiger partial charge in [0.15, 0.2) is 0 Å². The van der Waals surface area contributed by atoms with Gasteiger partial charge in [0, 0.05) is 13.1 Å². The predicted octanol–water partition coefficient (Wildman–Crippen LogP) is 1.12. The van der Waals surface area contributed by atoms with Crippen LogP contribution in [0.15, 0.2) is 18.2 Å². The lowest BCUT2D eigenvalue weighted by molar-refractivity contribution is 0.806. The highest BCUT2D eigenvalue weighted by atomic mass is 15.2. The van der Waals surface area contributed by atoms with Crippen molar-refractivity contribution in [3.63, 3.8) is 0 Å². The summed E-state index contributed by atoms with van der Waals surface area (Å²) < 4.78 is 0. The van der Waals surface area contributed by atoms with Crippen LogP contribution in [0.4, 0.5) is 11.6 Å². The Kier molecular flexibility index (Phi) is 1.31. The van der Waals surface area contributed by atoms with Gasteiger partial charge in [-0.1, -0.05) is 6.07 Å². The Labute approximate surface area is 77.6 Å². The summed E-state index contributed by atoms with van der Waals surface area (Å²) >= 11 is 0. The smallest absolute Gasteiger partial charge is 0.130 e. The molecule has 3 nitrogen and oxygen atoms in total. The van der Waals surface area contributed by atoms with Gasteiger partial charge in [0.05, 0.1) is 0 Å². The van der Waals surface area contributed by atoms with Crippen LogP contribution in [0.25, 0.3) is 0 Å². The maximum absolute atomic E-state index is 5.63. The highest BCUT2D eigenvalue weighted by molar-refractivity contribution is 5.46. The molecule has 0 unspecified atom stereocenters. The molecule has 1 saturated carbocycles. The summed E-state index contributed by atoms with van der Waals surface area (Å²) in [6.45, 7) is 2.36. The lowest BCUT2D eigenvalue weighted by Gasteiger charge is -2.18. The molecule has 2 aliphatic rings. The predicted molar refractivity (Wildman–Crippen MR) is 52.5 cm³/mol. The van der Waals surface area contributed by atoms with Gasteiger partial charge in [-0.3, -0.25) is 0 Å². The van der Waals surface area contributed by atoms with E-state index < -0.39 is 0 Å². The highest BCUT2D eigenvalue weighted by Gasteiger charge is 2.45. The zero-order chi connectivity index (χ0) is 8.84. The molecule has 1 aliphatic heterocycles. The van der Waals surface area contributed by atoms with E-state index in [-0.39, 0.29) is 0 Å². The van der Waals surface area contributed by atoms with E-state index >= 15 is 0 Å². The van der Waals surface area contributed by atoms with Crippen molar-refractivity contribution in [2.75, 3.05) is 23.7 Å². The van der Waals surface area contributed by atoms with Crippen LogP contribution in [-0.4, -0.2) is 18.1 Å². The Morgan fingerprint density at radius 3 is 2.77 bits per heavy atom. The molecular formula is C10H13N3. The van der Waals surface area contributed by atoms with Crippen molar-refractivity contribution in [3.8, 4) is 0 Å². The molecule has 68 valence electrons. The number of nitrogen functional groups attached to an aromatic ring is 1. The quantitative estimate of drug-likeness (QED) is 0.695. The largest absolute Gasteiger partial charge is 0.384 e. The van der Waals surface area contributed by atoms with Crippen molar-refractivity contribution in [2.24, 2.45) is 11.8 Å². The van der Waals surface area contributed by atoms with E-state index in [1.165, 1.54) is 19.5 Å². The maximum atomic E-state index is 5.63. The second-order valence-corrected chi connectivity index (χ2v) is 4.08. The molecule has 0 amide bonds. The van der Waals surface area contributed by atoms with E-state index in [2.05, 4.69) is 9.88 Å². The fraction of sp³-hybridized carbons (Fsp3) is 0.500. The number of anilines is 2. The fourth-order valence-electron chi connectivity index (χ4n) is 2.20. The summed E-state index contributed by atoms with van der Waals surface area (Å²) in [6.07, 6.45) is 1.43. The summed E-state index contributed by atoms with van der Waals surface area (Å²) in [6, 6.07) is 5.85. The third-order valence-electron chi connectivity index (χ3n) is 3.06. The van der Waals surface area contributed by atoms with Crippen LogP contribution in [0, 0.1) is 11.8 Å². The minimum Gasteiger partial charge on any atom is -0.384 e. The number of hydrogen-bond acceptors (Lipinski definition) is 3. The fourth-order valence-corrected chi connectivity index (χ4v) is 2.20. The number of nitrogens with zero attached hydrogens (tertiary/aromatic N) is 2. The number of nitrogens with two attached hydrogens (primary N) is 1. The normalized spacial score (nSPS) is 30.3. The molecule has 2 heterocycles. The molecule has 2 fully saturated rings. The Bertz CT molecular complexity index is 327. The molecule has 0 bridgehead atoms. The summed E-state index contributed by atoms with van der Waals surface area (Å²) in [4.78, 5) is 6.66. The van der Waals surface area contributed by atoms with E-state index in [1.807, 2.05) is 18.2 Å². The lowest BCUT2D eigenvalue weighted by atomic mass is 10.4. The van der Waals surface area contributed by atoms with Gasteiger partial charge in [-0.15, -0.1) is 0 Å². The van der Waals surface area contributed by atoms with Gasteiger partial charge < -0.3 is 10.6 Å². The summed E-state index contributed by atoms with van der Waals surface area (Å²) in [5.41, 5.74) is 5.63.